The summed E-state index contributed by atoms with van der Waals surface area (Å²) in [7, 11) is 1.29. The van der Waals surface area contributed by atoms with Gasteiger partial charge in [-0.1, -0.05) is 41.0 Å². The predicted octanol–water partition coefficient (Wildman–Crippen LogP) is 5.80. The number of hydrogen-bond donors (Lipinski definition) is 0. The second kappa shape index (κ2) is 11.9. The van der Waals surface area contributed by atoms with Crippen LogP contribution in [0.5, 0.6) is 5.75 Å². The zero-order chi connectivity index (χ0) is 20.2. The number of rotatable bonds is 9. The van der Waals surface area contributed by atoms with Crippen molar-refractivity contribution in [3.05, 3.63) is 64.8 Å². The smallest absolute Gasteiger partial charge is 0.341 e. The standard InChI is InChI=1S/C23H30O4/c1-17(2)10-8-11-18(3)12-9-13-19(4)16-22(24)27-21-15-7-6-14-20(21)23(25)26-5/h6-7,10,12,14-16H,8-9,11,13H2,1-5H3/b18-12+,19-16+. The molecule has 0 atom stereocenters. The minimum absolute atomic E-state index is 0.202. The van der Waals surface area contributed by atoms with Crippen LogP contribution in [0.1, 0.15) is 63.7 Å². The number of allylic oxidation sites excluding steroid dienone is 5. The Balaban J connectivity index is 2.57. The van der Waals surface area contributed by atoms with Gasteiger partial charge in [-0.3, -0.25) is 0 Å². The Kier molecular flexibility index (Phi) is 9.88. The molecule has 4 nitrogen and oxygen atoms in total. The van der Waals surface area contributed by atoms with Crippen molar-refractivity contribution in [1.82, 2.24) is 0 Å². The van der Waals surface area contributed by atoms with Crippen LogP contribution in [-0.4, -0.2) is 19.0 Å². The van der Waals surface area contributed by atoms with Gasteiger partial charge in [0.25, 0.3) is 0 Å². The Morgan fingerprint density at radius 2 is 1.56 bits per heavy atom. The Bertz CT molecular complexity index is 735. The third-order valence-electron chi connectivity index (χ3n) is 3.99. The summed E-state index contributed by atoms with van der Waals surface area (Å²) in [6, 6.07) is 6.53. The fourth-order valence-electron chi connectivity index (χ4n) is 2.48. The molecule has 0 saturated carbocycles. The van der Waals surface area contributed by atoms with Gasteiger partial charge in [0.2, 0.25) is 0 Å². The van der Waals surface area contributed by atoms with E-state index >= 15 is 0 Å². The number of carbonyl (C=O) groups is 2. The second-order valence-electron chi connectivity index (χ2n) is 6.81. The number of carbonyl (C=O) groups excluding carboxylic acids is 2. The molecule has 0 aliphatic carbocycles. The number of methoxy groups -OCH3 is 1. The van der Waals surface area contributed by atoms with Crippen molar-refractivity contribution < 1.29 is 19.1 Å². The van der Waals surface area contributed by atoms with Gasteiger partial charge in [-0.05, 0) is 65.5 Å². The minimum Gasteiger partial charge on any atom is -0.465 e. The van der Waals surface area contributed by atoms with Gasteiger partial charge in [0.1, 0.15) is 11.3 Å². The first kappa shape index (κ1) is 22.4. The van der Waals surface area contributed by atoms with E-state index in [1.165, 1.54) is 24.3 Å². The molecule has 27 heavy (non-hydrogen) atoms. The molecule has 0 spiro atoms. The van der Waals surface area contributed by atoms with Crippen LogP contribution < -0.4 is 4.74 Å². The molecule has 146 valence electrons. The molecule has 0 aromatic heterocycles. The molecule has 0 saturated heterocycles. The van der Waals surface area contributed by atoms with Crippen LogP contribution in [0.3, 0.4) is 0 Å². The van der Waals surface area contributed by atoms with Crippen molar-refractivity contribution >= 4 is 11.9 Å². The number of ether oxygens (including phenoxy) is 2. The van der Waals surface area contributed by atoms with Crippen molar-refractivity contribution in [3.8, 4) is 5.75 Å². The maximum atomic E-state index is 12.1. The Morgan fingerprint density at radius 3 is 2.22 bits per heavy atom. The summed E-state index contributed by atoms with van der Waals surface area (Å²) < 4.78 is 10.0. The van der Waals surface area contributed by atoms with Crippen molar-refractivity contribution in [2.24, 2.45) is 0 Å². The van der Waals surface area contributed by atoms with Crippen LogP contribution in [0.25, 0.3) is 0 Å². The normalized spacial score (nSPS) is 11.7. The molecule has 1 aromatic rings. The van der Waals surface area contributed by atoms with E-state index in [9.17, 15) is 9.59 Å². The fraction of sp³-hybridized carbons (Fsp3) is 0.391. The molecule has 0 N–H and O–H groups in total. The molecule has 0 fully saturated rings. The molecule has 1 rings (SSSR count). The molecule has 0 heterocycles. The molecule has 0 bridgehead atoms. The van der Waals surface area contributed by atoms with Gasteiger partial charge in [-0.2, -0.15) is 0 Å². The zero-order valence-electron chi connectivity index (χ0n) is 17.0. The maximum absolute atomic E-state index is 12.1. The average Bonchev–Trinajstić information content (AvgIpc) is 2.61. The monoisotopic (exact) mass is 370 g/mol. The number of esters is 2. The zero-order valence-corrected chi connectivity index (χ0v) is 17.0. The van der Waals surface area contributed by atoms with E-state index in [2.05, 4.69) is 32.9 Å². The largest absolute Gasteiger partial charge is 0.465 e. The van der Waals surface area contributed by atoms with Gasteiger partial charge in [-0.15, -0.1) is 0 Å². The highest BCUT2D eigenvalue weighted by atomic mass is 16.5. The molecule has 4 heteroatoms. The lowest BCUT2D eigenvalue weighted by Gasteiger charge is -2.07. The van der Waals surface area contributed by atoms with Crippen molar-refractivity contribution in [3.63, 3.8) is 0 Å². The fourth-order valence-corrected chi connectivity index (χ4v) is 2.48. The molecule has 1 aromatic carbocycles. The lowest BCUT2D eigenvalue weighted by molar-refractivity contribution is -0.129. The number of hydrogen-bond acceptors (Lipinski definition) is 4. The Morgan fingerprint density at radius 1 is 0.926 bits per heavy atom. The first-order valence-corrected chi connectivity index (χ1v) is 9.18. The summed E-state index contributed by atoms with van der Waals surface area (Å²) in [6.07, 6.45) is 9.72. The lowest BCUT2D eigenvalue weighted by Crippen LogP contribution is -2.10. The van der Waals surface area contributed by atoms with Crippen LogP contribution in [0.2, 0.25) is 0 Å². The molecule has 0 aliphatic rings. The summed E-state index contributed by atoms with van der Waals surface area (Å²) >= 11 is 0. The molecular formula is C23H30O4. The lowest BCUT2D eigenvalue weighted by atomic mass is 10.1. The average molecular weight is 370 g/mol. The third kappa shape index (κ3) is 9.04. The van der Waals surface area contributed by atoms with Crippen molar-refractivity contribution in [1.29, 1.82) is 0 Å². The highest BCUT2D eigenvalue weighted by Gasteiger charge is 2.14. The van der Waals surface area contributed by atoms with Gasteiger partial charge < -0.3 is 9.47 Å². The van der Waals surface area contributed by atoms with E-state index in [4.69, 9.17) is 9.47 Å². The molecule has 0 radical (unpaired) electrons. The van der Waals surface area contributed by atoms with Gasteiger partial charge in [0, 0.05) is 6.08 Å². The van der Waals surface area contributed by atoms with Crippen LogP contribution >= 0.6 is 0 Å². The van der Waals surface area contributed by atoms with E-state index in [1.54, 1.807) is 24.3 Å². The van der Waals surface area contributed by atoms with Crippen LogP contribution in [0.15, 0.2) is 59.2 Å². The van der Waals surface area contributed by atoms with Crippen LogP contribution in [0, 0.1) is 0 Å². The molecular weight excluding hydrogens is 340 g/mol. The maximum Gasteiger partial charge on any atom is 0.341 e. The molecule has 0 aliphatic heterocycles. The number of benzene rings is 1. The van der Waals surface area contributed by atoms with Gasteiger partial charge >= 0.3 is 11.9 Å². The second-order valence-corrected chi connectivity index (χ2v) is 6.81. The highest BCUT2D eigenvalue weighted by Crippen LogP contribution is 2.19. The van der Waals surface area contributed by atoms with Crippen molar-refractivity contribution in [2.45, 2.75) is 53.4 Å². The van der Waals surface area contributed by atoms with Crippen LogP contribution in [-0.2, 0) is 9.53 Å². The molecule has 0 unspecified atom stereocenters. The Labute approximate surface area is 162 Å². The first-order valence-electron chi connectivity index (χ1n) is 9.18. The molecule has 0 amide bonds. The minimum atomic E-state index is -0.534. The topological polar surface area (TPSA) is 52.6 Å². The summed E-state index contributed by atoms with van der Waals surface area (Å²) in [5, 5.41) is 0. The van der Waals surface area contributed by atoms with E-state index in [1.807, 2.05) is 6.92 Å². The summed E-state index contributed by atoms with van der Waals surface area (Å²) in [6.45, 7) is 8.25. The van der Waals surface area contributed by atoms with E-state index in [0.29, 0.717) is 0 Å². The number of para-hydroxylation sites is 1. The van der Waals surface area contributed by atoms with Gasteiger partial charge in [0.05, 0.1) is 7.11 Å². The van der Waals surface area contributed by atoms with Crippen LogP contribution in [0.4, 0.5) is 0 Å². The van der Waals surface area contributed by atoms with E-state index < -0.39 is 11.9 Å². The van der Waals surface area contributed by atoms with E-state index in [-0.39, 0.29) is 11.3 Å². The highest BCUT2D eigenvalue weighted by molar-refractivity contribution is 5.94. The van der Waals surface area contributed by atoms with E-state index in [0.717, 1.165) is 31.3 Å². The summed E-state index contributed by atoms with van der Waals surface area (Å²) in [5.74, 6) is -0.825. The Hall–Kier alpha value is -2.62. The predicted molar refractivity (Wildman–Crippen MR) is 109 cm³/mol. The van der Waals surface area contributed by atoms with Crippen molar-refractivity contribution in [2.75, 3.05) is 7.11 Å². The first-order chi connectivity index (χ1) is 12.8. The summed E-state index contributed by atoms with van der Waals surface area (Å²) in [4.78, 5) is 23.8. The van der Waals surface area contributed by atoms with Gasteiger partial charge in [0.15, 0.2) is 0 Å². The third-order valence-corrected chi connectivity index (χ3v) is 3.99. The SMILES string of the molecule is COC(=O)c1ccccc1OC(=O)/C=C(\C)CC/C=C(\C)CCC=C(C)C. The quantitative estimate of drug-likeness (QED) is 0.239. The van der Waals surface area contributed by atoms with Gasteiger partial charge in [-0.25, -0.2) is 9.59 Å². The summed E-state index contributed by atoms with van der Waals surface area (Å²) in [5.41, 5.74) is 3.86.